The van der Waals surface area contributed by atoms with Crippen LogP contribution < -0.4 is 5.32 Å². The van der Waals surface area contributed by atoms with Crippen LogP contribution in [0.4, 0.5) is 10.5 Å². The number of ether oxygens (including phenoxy) is 1. The maximum Gasteiger partial charge on any atom is 0.358 e. The molecule has 2 amide bonds. The lowest BCUT2D eigenvalue weighted by Crippen LogP contribution is -2.50. The van der Waals surface area contributed by atoms with E-state index >= 15 is 0 Å². The number of aromatic nitrogens is 2. The minimum Gasteiger partial charge on any atom is -0.461 e. The first kappa shape index (κ1) is 21.6. The normalized spacial score (nSPS) is 16.6. The van der Waals surface area contributed by atoms with Crippen molar-refractivity contribution in [3.05, 3.63) is 78.1 Å². The Kier molecular flexibility index (Phi) is 6.51. The number of anilines is 1. The van der Waals surface area contributed by atoms with Gasteiger partial charge in [0.1, 0.15) is 0 Å². The number of nitrogens with one attached hydrogen (secondary N) is 1. The van der Waals surface area contributed by atoms with Gasteiger partial charge in [0.15, 0.2) is 5.69 Å². The first-order valence-corrected chi connectivity index (χ1v) is 10.7. The second-order valence-electron chi connectivity index (χ2n) is 7.73. The van der Waals surface area contributed by atoms with Gasteiger partial charge in [0.2, 0.25) is 0 Å². The fourth-order valence-corrected chi connectivity index (χ4v) is 3.83. The largest absolute Gasteiger partial charge is 0.461 e. The number of carbonyl (C=O) groups is 2. The molecule has 1 atom stereocenters. The summed E-state index contributed by atoms with van der Waals surface area (Å²) in [7, 11) is 2.07. The maximum atomic E-state index is 13.2. The Balaban J connectivity index is 1.50. The lowest BCUT2D eigenvalue weighted by atomic mass is 10.0. The summed E-state index contributed by atoms with van der Waals surface area (Å²) in [4.78, 5) is 29.2. The Hall–Kier alpha value is -3.65. The van der Waals surface area contributed by atoms with E-state index in [0.717, 1.165) is 24.3 Å². The van der Waals surface area contributed by atoms with Gasteiger partial charge in [-0.25, -0.2) is 14.3 Å². The Morgan fingerprint density at radius 3 is 2.69 bits per heavy atom. The molecular weight excluding hydrogens is 406 g/mol. The molecule has 0 aliphatic carbocycles. The average molecular weight is 434 g/mol. The van der Waals surface area contributed by atoms with Crippen LogP contribution in [0.3, 0.4) is 0 Å². The van der Waals surface area contributed by atoms with Gasteiger partial charge >= 0.3 is 12.0 Å². The molecule has 32 heavy (non-hydrogen) atoms. The third-order valence-electron chi connectivity index (χ3n) is 5.46. The number of hydrogen-bond acceptors (Lipinski definition) is 5. The summed E-state index contributed by atoms with van der Waals surface area (Å²) in [6.45, 7) is 4.29. The van der Waals surface area contributed by atoms with E-state index in [4.69, 9.17) is 4.74 Å². The summed E-state index contributed by atoms with van der Waals surface area (Å²) >= 11 is 0. The van der Waals surface area contributed by atoms with E-state index in [1.165, 1.54) is 0 Å². The summed E-state index contributed by atoms with van der Waals surface area (Å²) in [5.41, 5.74) is 2.75. The van der Waals surface area contributed by atoms with Crippen molar-refractivity contribution in [1.29, 1.82) is 0 Å². The van der Waals surface area contributed by atoms with Crippen LogP contribution in [0, 0.1) is 0 Å². The molecular formula is C24H27N5O3. The summed E-state index contributed by atoms with van der Waals surface area (Å²) < 4.78 is 6.58. The van der Waals surface area contributed by atoms with Crippen molar-refractivity contribution >= 4 is 17.7 Å². The van der Waals surface area contributed by atoms with Crippen molar-refractivity contribution in [2.75, 3.05) is 38.6 Å². The van der Waals surface area contributed by atoms with E-state index in [9.17, 15) is 9.59 Å². The van der Waals surface area contributed by atoms with Gasteiger partial charge in [-0.05, 0) is 43.8 Å². The number of carbonyl (C=O) groups excluding carboxylic acids is 2. The van der Waals surface area contributed by atoms with Gasteiger partial charge in [-0.15, -0.1) is 0 Å². The Labute approximate surface area is 187 Å². The van der Waals surface area contributed by atoms with Gasteiger partial charge < -0.3 is 19.9 Å². The number of amides is 2. The molecule has 3 aromatic rings. The van der Waals surface area contributed by atoms with Crippen LogP contribution in [0.15, 0.2) is 66.9 Å². The highest BCUT2D eigenvalue weighted by atomic mass is 16.5. The molecule has 1 unspecified atom stereocenters. The third kappa shape index (κ3) is 4.81. The quantitative estimate of drug-likeness (QED) is 0.623. The number of hydrogen-bond donors (Lipinski definition) is 1. The number of urea groups is 1. The Morgan fingerprint density at radius 2 is 1.91 bits per heavy atom. The number of nitrogens with zero attached hydrogens (tertiary/aromatic N) is 4. The predicted octanol–water partition coefficient (Wildman–Crippen LogP) is 3.57. The van der Waals surface area contributed by atoms with Gasteiger partial charge in [0.25, 0.3) is 0 Å². The number of piperazine rings is 1. The fraction of sp³-hybridized carbons (Fsp3) is 0.292. The zero-order chi connectivity index (χ0) is 22.5. The minimum absolute atomic E-state index is 0.0172. The van der Waals surface area contributed by atoms with Crippen molar-refractivity contribution in [2.45, 2.75) is 13.0 Å². The summed E-state index contributed by atoms with van der Waals surface area (Å²) in [5, 5.41) is 7.30. The van der Waals surface area contributed by atoms with Gasteiger partial charge in [-0.2, -0.15) is 5.10 Å². The van der Waals surface area contributed by atoms with E-state index in [-0.39, 0.29) is 17.8 Å². The van der Waals surface area contributed by atoms with Crippen molar-refractivity contribution in [3.8, 4) is 5.69 Å². The minimum atomic E-state index is -0.460. The van der Waals surface area contributed by atoms with Gasteiger partial charge in [0.05, 0.1) is 18.3 Å². The number of benzene rings is 2. The maximum absolute atomic E-state index is 13.2. The van der Waals surface area contributed by atoms with Crippen molar-refractivity contribution in [3.63, 3.8) is 0 Å². The highest BCUT2D eigenvalue weighted by Gasteiger charge is 2.30. The first-order valence-electron chi connectivity index (χ1n) is 10.7. The molecule has 1 fully saturated rings. The van der Waals surface area contributed by atoms with Crippen LogP contribution in [0.2, 0.25) is 0 Å². The zero-order valence-electron chi connectivity index (χ0n) is 18.3. The summed E-state index contributed by atoms with van der Waals surface area (Å²) in [5.74, 6) is -0.460. The smallest absolute Gasteiger partial charge is 0.358 e. The first-order chi connectivity index (χ1) is 15.5. The molecule has 8 nitrogen and oxygen atoms in total. The fourth-order valence-electron chi connectivity index (χ4n) is 3.83. The second-order valence-corrected chi connectivity index (χ2v) is 7.73. The molecule has 166 valence electrons. The second kappa shape index (κ2) is 9.65. The predicted molar refractivity (Wildman–Crippen MR) is 122 cm³/mol. The van der Waals surface area contributed by atoms with Crippen LogP contribution in [0.25, 0.3) is 5.69 Å². The molecule has 2 aromatic carbocycles. The molecule has 0 saturated carbocycles. The number of likely N-dealkylation sites (N-methyl/N-ethyl adjacent to an activating group) is 1. The van der Waals surface area contributed by atoms with E-state index < -0.39 is 5.97 Å². The SMILES string of the molecule is CCOC(=O)c1ccn(-c2cccc(NC(=O)N3CCN(C)CC3c3ccccc3)c2)n1. The molecule has 0 bridgehead atoms. The number of esters is 1. The summed E-state index contributed by atoms with van der Waals surface area (Å²) in [6, 6.07) is 18.9. The molecule has 4 rings (SSSR count). The zero-order valence-corrected chi connectivity index (χ0v) is 18.3. The van der Waals surface area contributed by atoms with Crippen LogP contribution in [0.5, 0.6) is 0 Å². The Morgan fingerprint density at radius 1 is 1.09 bits per heavy atom. The Bertz CT molecular complexity index is 1080. The number of rotatable bonds is 5. The molecule has 1 saturated heterocycles. The van der Waals surface area contributed by atoms with Crippen LogP contribution in [-0.2, 0) is 4.74 Å². The third-order valence-corrected chi connectivity index (χ3v) is 5.46. The molecule has 0 spiro atoms. The molecule has 1 N–H and O–H groups in total. The standard InChI is InChI=1S/C24H27N5O3/c1-3-32-23(30)21-12-13-29(26-21)20-11-7-10-19(16-20)25-24(31)28-15-14-27(2)17-22(28)18-8-5-4-6-9-18/h4-13,16,22H,3,14-15,17H2,1-2H3,(H,25,31). The van der Waals surface area contributed by atoms with Crippen LogP contribution >= 0.6 is 0 Å². The van der Waals surface area contributed by atoms with Crippen molar-refractivity contribution < 1.29 is 14.3 Å². The van der Waals surface area contributed by atoms with Crippen LogP contribution in [-0.4, -0.2) is 64.9 Å². The molecule has 1 aromatic heterocycles. The topological polar surface area (TPSA) is 79.7 Å². The highest BCUT2D eigenvalue weighted by molar-refractivity contribution is 5.90. The van der Waals surface area contributed by atoms with Crippen LogP contribution in [0.1, 0.15) is 29.0 Å². The van der Waals surface area contributed by atoms with Gasteiger partial charge in [-0.1, -0.05) is 36.4 Å². The van der Waals surface area contributed by atoms with Gasteiger partial charge in [-0.3, -0.25) is 0 Å². The molecule has 1 aliphatic heterocycles. The van der Waals surface area contributed by atoms with E-state index in [1.807, 2.05) is 47.4 Å². The molecule has 1 aliphatic rings. The monoisotopic (exact) mass is 433 g/mol. The average Bonchev–Trinajstić information content (AvgIpc) is 3.30. The summed E-state index contributed by atoms with van der Waals surface area (Å²) in [6.07, 6.45) is 1.69. The van der Waals surface area contributed by atoms with Gasteiger partial charge in [0, 0.05) is 31.5 Å². The lowest BCUT2D eigenvalue weighted by molar-refractivity contribution is 0.0519. The lowest BCUT2D eigenvalue weighted by Gasteiger charge is -2.40. The van der Waals surface area contributed by atoms with Crippen molar-refractivity contribution in [2.24, 2.45) is 0 Å². The highest BCUT2D eigenvalue weighted by Crippen LogP contribution is 2.26. The van der Waals surface area contributed by atoms with E-state index in [0.29, 0.717) is 18.8 Å². The molecule has 2 heterocycles. The van der Waals surface area contributed by atoms with Crippen molar-refractivity contribution in [1.82, 2.24) is 19.6 Å². The van der Waals surface area contributed by atoms with E-state index in [1.54, 1.807) is 23.9 Å². The molecule has 0 radical (unpaired) electrons. The van der Waals surface area contributed by atoms with E-state index in [2.05, 4.69) is 34.5 Å². The molecule has 8 heteroatoms.